The molecule has 1 aliphatic heterocycles. The van der Waals surface area contributed by atoms with Crippen LogP contribution in [-0.4, -0.2) is 30.6 Å². The van der Waals surface area contributed by atoms with Gasteiger partial charge in [-0.3, -0.25) is 0 Å². The van der Waals surface area contributed by atoms with Crippen LogP contribution in [0.3, 0.4) is 0 Å². The molecule has 1 aromatic carbocycles. The SMILES string of the molecule is Cc1cc(CNCC(C)C)ccc1N1CCSCC1C. The molecule has 1 saturated heterocycles. The summed E-state index contributed by atoms with van der Waals surface area (Å²) in [7, 11) is 0. The lowest BCUT2D eigenvalue weighted by Gasteiger charge is -2.36. The van der Waals surface area contributed by atoms with E-state index in [0.717, 1.165) is 13.1 Å². The summed E-state index contributed by atoms with van der Waals surface area (Å²) in [6.45, 7) is 12.3. The number of rotatable bonds is 5. The number of hydrogen-bond donors (Lipinski definition) is 1. The molecule has 0 radical (unpaired) electrons. The maximum Gasteiger partial charge on any atom is 0.0399 e. The zero-order chi connectivity index (χ0) is 14.5. The quantitative estimate of drug-likeness (QED) is 0.891. The van der Waals surface area contributed by atoms with Crippen LogP contribution in [0.25, 0.3) is 0 Å². The predicted octanol–water partition coefficient (Wildman–Crippen LogP) is 3.68. The first-order chi connectivity index (χ1) is 9.58. The van der Waals surface area contributed by atoms with E-state index < -0.39 is 0 Å². The molecule has 1 unspecified atom stereocenters. The Labute approximate surface area is 128 Å². The van der Waals surface area contributed by atoms with E-state index in [1.807, 2.05) is 0 Å². The monoisotopic (exact) mass is 292 g/mol. The summed E-state index contributed by atoms with van der Waals surface area (Å²) in [4.78, 5) is 2.57. The van der Waals surface area contributed by atoms with E-state index in [1.165, 1.54) is 34.9 Å². The topological polar surface area (TPSA) is 15.3 Å². The molecule has 0 aromatic heterocycles. The molecule has 1 N–H and O–H groups in total. The first kappa shape index (κ1) is 15.7. The third-order valence-corrected chi connectivity index (χ3v) is 5.01. The molecule has 0 aliphatic carbocycles. The summed E-state index contributed by atoms with van der Waals surface area (Å²) >= 11 is 2.07. The molecule has 0 bridgehead atoms. The van der Waals surface area contributed by atoms with Gasteiger partial charge >= 0.3 is 0 Å². The molecule has 3 heteroatoms. The average molecular weight is 292 g/mol. The van der Waals surface area contributed by atoms with Gasteiger partial charge in [-0.2, -0.15) is 11.8 Å². The lowest BCUT2D eigenvalue weighted by Crippen LogP contribution is -2.40. The van der Waals surface area contributed by atoms with Crippen molar-refractivity contribution in [2.24, 2.45) is 5.92 Å². The van der Waals surface area contributed by atoms with E-state index in [2.05, 4.69) is 67.9 Å². The third-order valence-electron chi connectivity index (χ3n) is 3.82. The van der Waals surface area contributed by atoms with Gasteiger partial charge in [0, 0.05) is 36.3 Å². The molecule has 0 spiro atoms. The van der Waals surface area contributed by atoms with Crippen molar-refractivity contribution in [2.45, 2.75) is 40.3 Å². The molecular weight excluding hydrogens is 264 g/mol. The van der Waals surface area contributed by atoms with Gasteiger partial charge in [-0.25, -0.2) is 0 Å². The number of benzene rings is 1. The molecule has 1 aliphatic rings. The number of nitrogens with zero attached hydrogens (tertiary/aromatic N) is 1. The summed E-state index contributed by atoms with van der Waals surface area (Å²) in [5, 5.41) is 3.52. The zero-order valence-corrected chi connectivity index (χ0v) is 14.1. The van der Waals surface area contributed by atoms with Crippen LogP contribution in [0.15, 0.2) is 18.2 Å². The molecule has 112 valence electrons. The van der Waals surface area contributed by atoms with E-state index in [0.29, 0.717) is 12.0 Å². The lowest BCUT2D eigenvalue weighted by molar-refractivity contribution is 0.552. The Morgan fingerprint density at radius 2 is 2.20 bits per heavy atom. The molecule has 1 atom stereocenters. The fraction of sp³-hybridized carbons (Fsp3) is 0.647. The van der Waals surface area contributed by atoms with Gasteiger partial charge in [0.1, 0.15) is 0 Å². The standard InChI is InChI=1S/C17H28N2S/c1-13(2)10-18-11-16-5-6-17(14(3)9-16)19-7-8-20-12-15(19)4/h5-6,9,13,15,18H,7-8,10-12H2,1-4H3. The molecule has 20 heavy (non-hydrogen) atoms. The van der Waals surface area contributed by atoms with Crippen molar-refractivity contribution < 1.29 is 0 Å². The van der Waals surface area contributed by atoms with Gasteiger partial charge in [0.15, 0.2) is 0 Å². The molecule has 2 nitrogen and oxygen atoms in total. The molecule has 1 fully saturated rings. The zero-order valence-electron chi connectivity index (χ0n) is 13.3. The van der Waals surface area contributed by atoms with Crippen molar-refractivity contribution in [3.63, 3.8) is 0 Å². The summed E-state index contributed by atoms with van der Waals surface area (Å²) in [5.41, 5.74) is 4.23. The number of thioether (sulfide) groups is 1. The van der Waals surface area contributed by atoms with Crippen molar-refractivity contribution in [1.82, 2.24) is 5.32 Å². The second-order valence-corrected chi connectivity index (χ2v) is 7.41. The first-order valence-corrected chi connectivity index (χ1v) is 8.88. The first-order valence-electron chi connectivity index (χ1n) is 7.72. The Morgan fingerprint density at radius 1 is 1.40 bits per heavy atom. The summed E-state index contributed by atoms with van der Waals surface area (Å²) in [6, 6.07) is 7.59. The minimum absolute atomic E-state index is 0.650. The second-order valence-electron chi connectivity index (χ2n) is 6.26. The highest BCUT2D eigenvalue weighted by molar-refractivity contribution is 7.99. The summed E-state index contributed by atoms with van der Waals surface area (Å²) in [5.74, 6) is 3.21. The summed E-state index contributed by atoms with van der Waals surface area (Å²) < 4.78 is 0. The van der Waals surface area contributed by atoms with E-state index in [9.17, 15) is 0 Å². The highest BCUT2D eigenvalue weighted by Gasteiger charge is 2.20. The Hall–Kier alpha value is -0.670. The fourth-order valence-electron chi connectivity index (χ4n) is 2.74. The Morgan fingerprint density at radius 3 is 2.85 bits per heavy atom. The average Bonchev–Trinajstić information content (AvgIpc) is 2.40. The van der Waals surface area contributed by atoms with Crippen molar-refractivity contribution in [1.29, 1.82) is 0 Å². The number of aryl methyl sites for hydroxylation is 1. The molecular formula is C17H28N2S. The maximum atomic E-state index is 3.52. The minimum Gasteiger partial charge on any atom is -0.367 e. The summed E-state index contributed by atoms with van der Waals surface area (Å²) in [6.07, 6.45) is 0. The van der Waals surface area contributed by atoms with Crippen LogP contribution in [0, 0.1) is 12.8 Å². The van der Waals surface area contributed by atoms with E-state index in [-0.39, 0.29) is 0 Å². The molecule has 1 aromatic rings. The molecule has 0 amide bonds. The van der Waals surface area contributed by atoms with Crippen molar-refractivity contribution in [2.75, 3.05) is 29.5 Å². The Bertz CT molecular complexity index is 431. The molecule has 0 saturated carbocycles. The second kappa shape index (κ2) is 7.37. The van der Waals surface area contributed by atoms with Crippen LogP contribution in [0.5, 0.6) is 0 Å². The van der Waals surface area contributed by atoms with Crippen LogP contribution in [0.4, 0.5) is 5.69 Å². The van der Waals surface area contributed by atoms with Crippen LogP contribution in [-0.2, 0) is 6.54 Å². The van der Waals surface area contributed by atoms with Gasteiger partial charge in [-0.1, -0.05) is 26.0 Å². The highest BCUT2D eigenvalue weighted by atomic mass is 32.2. The predicted molar refractivity (Wildman–Crippen MR) is 91.9 cm³/mol. The van der Waals surface area contributed by atoms with Gasteiger partial charge in [0.2, 0.25) is 0 Å². The number of hydrogen-bond acceptors (Lipinski definition) is 3. The van der Waals surface area contributed by atoms with E-state index >= 15 is 0 Å². The minimum atomic E-state index is 0.650. The van der Waals surface area contributed by atoms with Crippen molar-refractivity contribution >= 4 is 17.4 Å². The van der Waals surface area contributed by atoms with Gasteiger partial charge < -0.3 is 10.2 Å². The maximum absolute atomic E-state index is 3.52. The fourth-order valence-corrected chi connectivity index (χ4v) is 3.75. The third kappa shape index (κ3) is 4.16. The van der Waals surface area contributed by atoms with Crippen LogP contribution in [0.2, 0.25) is 0 Å². The van der Waals surface area contributed by atoms with Gasteiger partial charge in [0.25, 0.3) is 0 Å². The van der Waals surface area contributed by atoms with Crippen molar-refractivity contribution in [3.8, 4) is 0 Å². The normalized spacial score (nSPS) is 19.6. The van der Waals surface area contributed by atoms with Gasteiger partial charge in [0.05, 0.1) is 0 Å². The van der Waals surface area contributed by atoms with Crippen molar-refractivity contribution in [3.05, 3.63) is 29.3 Å². The van der Waals surface area contributed by atoms with Crippen LogP contribution >= 0.6 is 11.8 Å². The van der Waals surface area contributed by atoms with Crippen LogP contribution in [0.1, 0.15) is 31.9 Å². The Kier molecular flexibility index (Phi) is 5.79. The molecule has 2 rings (SSSR count). The highest BCUT2D eigenvalue weighted by Crippen LogP contribution is 2.27. The lowest BCUT2D eigenvalue weighted by atomic mass is 10.1. The van der Waals surface area contributed by atoms with Crippen LogP contribution < -0.4 is 10.2 Å². The Balaban J connectivity index is 2.01. The van der Waals surface area contributed by atoms with Gasteiger partial charge in [-0.05, 0) is 43.5 Å². The van der Waals surface area contributed by atoms with E-state index in [4.69, 9.17) is 0 Å². The largest absolute Gasteiger partial charge is 0.367 e. The number of anilines is 1. The van der Waals surface area contributed by atoms with E-state index in [1.54, 1.807) is 0 Å². The molecule has 1 heterocycles. The number of nitrogens with one attached hydrogen (secondary N) is 1. The van der Waals surface area contributed by atoms with Gasteiger partial charge in [-0.15, -0.1) is 0 Å². The smallest absolute Gasteiger partial charge is 0.0399 e.